The second-order valence-corrected chi connectivity index (χ2v) is 5.44. The number of carbonyl (C=O) groups is 1. The zero-order valence-corrected chi connectivity index (χ0v) is 12.9. The van der Waals surface area contributed by atoms with Crippen LogP contribution in [0.5, 0.6) is 0 Å². The Labute approximate surface area is 121 Å². The summed E-state index contributed by atoms with van der Waals surface area (Å²) in [5.41, 5.74) is 0. The van der Waals surface area contributed by atoms with Gasteiger partial charge in [0.05, 0.1) is 6.54 Å². The molecule has 0 atom stereocenters. The standard InChI is InChI=1S/C13H19BrN4O/c1-3-18(4-2)12(19)8-15-11-7-10(14)16-13(17-11)9-5-6-9/h7,9H,3-6,8H2,1-2H3,(H,15,16,17). The smallest absolute Gasteiger partial charge is 0.241 e. The van der Waals surface area contributed by atoms with Gasteiger partial charge in [-0.2, -0.15) is 0 Å². The number of carbonyl (C=O) groups excluding carboxylic acids is 1. The van der Waals surface area contributed by atoms with Crippen LogP contribution in [0.2, 0.25) is 0 Å². The molecule has 0 spiro atoms. The largest absolute Gasteiger partial charge is 0.361 e. The molecule has 0 bridgehead atoms. The maximum absolute atomic E-state index is 11.9. The third-order valence-corrected chi connectivity index (χ3v) is 3.60. The molecule has 1 saturated carbocycles. The lowest BCUT2D eigenvalue weighted by molar-refractivity contribution is -0.128. The molecule has 1 aromatic rings. The molecule has 1 aliphatic carbocycles. The number of amides is 1. The number of aromatic nitrogens is 2. The molecule has 1 aliphatic rings. The molecule has 104 valence electrons. The van der Waals surface area contributed by atoms with Crippen LogP contribution >= 0.6 is 15.9 Å². The quantitative estimate of drug-likeness (QED) is 0.815. The maximum atomic E-state index is 11.9. The van der Waals surface area contributed by atoms with Crippen LogP contribution < -0.4 is 5.32 Å². The minimum absolute atomic E-state index is 0.0905. The van der Waals surface area contributed by atoms with Crippen LogP contribution in [-0.2, 0) is 4.79 Å². The van der Waals surface area contributed by atoms with Crippen LogP contribution in [0.3, 0.4) is 0 Å². The number of nitrogens with zero attached hydrogens (tertiary/aromatic N) is 3. The van der Waals surface area contributed by atoms with E-state index in [0.29, 0.717) is 11.7 Å². The van der Waals surface area contributed by atoms with Crippen molar-refractivity contribution in [3.8, 4) is 0 Å². The molecular formula is C13H19BrN4O. The van der Waals surface area contributed by atoms with Crippen molar-refractivity contribution < 1.29 is 4.79 Å². The van der Waals surface area contributed by atoms with Crippen LogP contribution in [0, 0.1) is 0 Å². The summed E-state index contributed by atoms with van der Waals surface area (Å²) in [5, 5.41) is 3.09. The SMILES string of the molecule is CCN(CC)C(=O)CNc1cc(Br)nc(C2CC2)n1. The number of anilines is 1. The number of rotatable bonds is 6. The normalized spacial score (nSPS) is 14.3. The Morgan fingerprint density at radius 2 is 2.11 bits per heavy atom. The Morgan fingerprint density at radius 3 is 2.68 bits per heavy atom. The molecule has 6 heteroatoms. The first-order valence-corrected chi connectivity index (χ1v) is 7.49. The minimum Gasteiger partial charge on any atom is -0.361 e. The van der Waals surface area contributed by atoms with Crippen molar-refractivity contribution in [3.63, 3.8) is 0 Å². The van der Waals surface area contributed by atoms with Crippen molar-refractivity contribution in [1.82, 2.24) is 14.9 Å². The highest BCUT2D eigenvalue weighted by atomic mass is 79.9. The van der Waals surface area contributed by atoms with Gasteiger partial charge in [-0.1, -0.05) is 0 Å². The van der Waals surface area contributed by atoms with Crippen molar-refractivity contribution in [2.45, 2.75) is 32.6 Å². The first-order valence-electron chi connectivity index (χ1n) is 6.70. The van der Waals surface area contributed by atoms with Crippen LogP contribution in [0.4, 0.5) is 5.82 Å². The monoisotopic (exact) mass is 326 g/mol. The van der Waals surface area contributed by atoms with Crippen molar-refractivity contribution >= 4 is 27.7 Å². The minimum atomic E-state index is 0.0905. The van der Waals surface area contributed by atoms with Crippen LogP contribution in [0.1, 0.15) is 38.4 Å². The topological polar surface area (TPSA) is 58.1 Å². The van der Waals surface area contributed by atoms with E-state index in [-0.39, 0.29) is 12.5 Å². The van der Waals surface area contributed by atoms with Crippen molar-refractivity contribution in [2.24, 2.45) is 0 Å². The molecule has 0 aliphatic heterocycles. The summed E-state index contributed by atoms with van der Waals surface area (Å²) in [6.07, 6.45) is 2.32. The third kappa shape index (κ3) is 3.89. The summed E-state index contributed by atoms with van der Waals surface area (Å²) in [5.74, 6) is 2.17. The van der Waals surface area contributed by atoms with Gasteiger partial charge in [0.15, 0.2) is 0 Å². The molecule has 0 radical (unpaired) electrons. The van der Waals surface area contributed by atoms with Crippen molar-refractivity contribution in [3.05, 3.63) is 16.5 Å². The predicted octanol–water partition coefficient (Wildman–Crippen LogP) is 2.40. The third-order valence-electron chi connectivity index (χ3n) is 3.19. The van der Waals surface area contributed by atoms with E-state index in [1.54, 1.807) is 11.0 Å². The Balaban J connectivity index is 1.97. The van der Waals surface area contributed by atoms with Crippen LogP contribution in [0.25, 0.3) is 0 Å². The second-order valence-electron chi connectivity index (χ2n) is 4.63. The average molecular weight is 327 g/mol. The molecule has 1 amide bonds. The number of hydrogen-bond donors (Lipinski definition) is 1. The van der Waals surface area contributed by atoms with E-state index in [0.717, 1.165) is 36.4 Å². The summed E-state index contributed by atoms with van der Waals surface area (Å²) in [6, 6.07) is 1.81. The van der Waals surface area contributed by atoms with Crippen LogP contribution in [-0.4, -0.2) is 40.4 Å². The first kappa shape index (κ1) is 14.2. The first-order chi connectivity index (χ1) is 9.13. The van der Waals surface area contributed by atoms with E-state index in [1.165, 1.54) is 0 Å². The van der Waals surface area contributed by atoms with E-state index in [4.69, 9.17) is 0 Å². The molecular weight excluding hydrogens is 308 g/mol. The average Bonchev–Trinajstić information content (AvgIpc) is 3.21. The fourth-order valence-corrected chi connectivity index (χ4v) is 2.30. The predicted molar refractivity (Wildman–Crippen MR) is 78.1 cm³/mol. The molecule has 19 heavy (non-hydrogen) atoms. The van der Waals surface area contributed by atoms with E-state index in [9.17, 15) is 4.79 Å². The lowest BCUT2D eigenvalue weighted by Crippen LogP contribution is -2.35. The summed E-state index contributed by atoms with van der Waals surface area (Å²) >= 11 is 3.39. The summed E-state index contributed by atoms with van der Waals surface area (Å²) in [6.45, 7) is 5.70. The van der Waals surface area contributed by atoms with Gasteiger partial charge < -0.3 is 10.2 Å². The number of hydrogen-bond acceptors (Lipinski definition) is 4. The molecule has 5 nitrogen and oxygen atoms in total. The zero-order chi connectivity index (χ0) is 13.8. The number of halogens is 1. The summed E-state index contributed by atoms with van der Waals surface area (Å²) in [4.78, 5) is 22.5. The van der Waals surface area contributed by atoms with Gasteiger partial charge in [-0.05, 0) is 42.6 Å². The molecule has 2 rings (SSSR count). The molecule has 1 N–H and O–H groups in total. The van der Waals surface area contributed by atoms with E-state index in [1.807, 2.05) is 13.8 Å². The molecule has 0 aromatic carbocycles. The van der Waals surface area contributed by atoms with Crippen molar-refractivity contribution in [2.75, 3.05) is 25.0 Å². The Morgan fingerprint density at radius 1 is 1.42 bits per heavy atom. The van der Waals surface area contributed by atoms with Gasteiger partial charge in [0, 0.05) is 25.1 Å². The zero-order valence-electron chi connectivity index (χ0n) is 11.3. The molecule has 1 aromatic heterocycles. The molecule has 1 heterocycles. The van der Waals surface area contributed by atoms with Gasteiger partial charge in [-0.25, -0.2) is 9.97 Å². The van der Waals surface area contributed by atoms with E-state index in [2.05, 4.69) is 31.2 Å². The highest BCUT2D eigenvalue weighted by Gasteiger charge is 2.27. The highest BCUT2D eigenvalue weighted by molar-refractivity contribution is 9.10. The summed E-state index contributed by atoms with van der Waals surface area (Å²) in [7, 11) is 0. The van der Waals surface area contributed by atoms with E-state index < -0.39 is 0 Å². The highest BCUT2D eigenvalue weighted by Crippen LogP contribution is 2.38. The maximum Gasteiger partial charge on any atom is 0.241 e. The lowest BCUT2D eigenvalue weighted by atomic mass is 10.4. The Kier molecular flexibility index (Phi) is 4.74. The number of nitrogens with one attached hydrogen (secondary N) is 1. The van der Waals surface area contributed by atoms with Crippen LogP contribution in [0.15, 0.2) is 10.7 Å². The van der Waals surface area contributed by atoms with Gasteiger partial charge in [0.1, 0.15) is 16.2 Å². The van der Waals surface area contributed by atoms with Gasteiger partial charge >= 0.3 is 0 Å². The Hall–Kier alpha value is -1.17. The van der Waals surface area contributed by atoms with Gasteiger partial charge in [0.25, 0.3) is 0 Å². The fraction of sp³-hybridized carbons (Fsp3) is 0.615. The lowest BCUT2D eigenvalue weighted by Gasteiger charge is -2.19. The van der Waals surface area contributed by atoms with Crippen molar-refractivity contribution in [1.29, 1.82) is 0 Å². The van der Waals surface area contributed by atoms with E-state index >= 15 is 0 Å². The van der Waals surface area contributed by atoms with Gasteiger partial charge in [-0.3, -0.25) is 4.79 Å². The summed E-state index contributed by atoms with van der Waals surface area (Å²) < 4.78 is 0.766. The van der Waals surface area contributed by atoms with Gasteiger partial charge in [-0.15, -0.1) is 0 Å². The number of likely N-dealkylation sites (N-methyl/N-ethyl adjacent to an activating group) is 1. The molecule has 1 fully saturated rings. The van der Waals surface area contributed by atoms with Gasteiger partial charge in [0.2, 0.25) is 5.91 Å². The molecule has 0 saturated heterocycles. The Bertz CT molecular complexity index is 458. The second kappa shape index (κ2) is 6.32. The molecule has 0 unspecified atom stereocenters. The fourth-order valence-electron chi connectivity index (χ4n) is 1.90.